The Morgan fingerprint density at radius 3 is 1.23 bits per heavy atom. The molecule has 0 N–H and O–H groups in total. The molecule has 0 saturated carbocycles. The van der Waals surface area contributed by atoms with Gasteiger partial charge < -0.3 is 0 Å². The summed E-state index contributed by atoms with van der Waals surface area (Å²) in [5.41, 5.74) is 8.36. The quantitative estimate of drug-likeness (QED) is 0.334. The average Bonchev–Trinajstić information content (AvgIpc) is 2.74. The number of rotatable bonds is 4. The predicted octanol–water partition coefficient (Wildman–Crippen LogP) is 7.43. The molecule has 0 amide bonds. The Morgan fingerprint density at radius 2 is 0.846 bits per heavy atom. The summed E-state index contributed by atoms with van der Waals surface area (Å²) < 4.78 is 0. The van der Waals surface area contributed by atoms with Crippen LogP contribution in [0.25, 0.3) is 33.4 Å². The highest BCUT2D eigenvalue weighted by atomic mass is 35.5. The monoisotopic (exact) mass is 354 g/mol. The fourth-order valence-electron chi connectivity index (χ4n) is 3.36. The van der Waals surface area contributed by atoms with Crippen LogP contribution in [0.15, 0.2) is 103 Å². The van der Waals surface area contributed by atoms with Crippen molar-refractivity contribution < 1.29 is 0 Å². The van der Waals surface area contributed by atoms with E-state index in [0.29, 0.717) is 5.88 Å². The molecule has 0 saturated heterocycles. The lowest BCUT2D eigenvalue weighted by Gasteiger charge is -2.17. The molecule has 0 aliphatic carbocycles. The summed E-state index contributed by atoms with van der Waals surface area (Å²) in [7, 11) is 0. The van der Waals surface area contributed by atoms with Crippen molar-refractivity contribution in [2.45, 2.75) is 5.88 Å². The lowest BCUT2D eigenvalue weighted by Crippen LogP contribution is -1.94. The van der Waals surface area contributed by atoms with Gasteiger partial charge in [0.2, 0.25) is 0 Å². The summed E-state index contributed by atoms with van der Waals surface area (Å²) in [5.74, 6) is 0.476. The Hall–Kier alpha value is -2.83. The molecule has 0 radical (unpaired) electrons. The largest absolute Gasteiger partial charge is 0.122 e. The van der Waals surface area contributed by atoms with Crippen LogP contribution in [0, 0.1) is 0 Å². The molecule has 0 unspecified atom stereocenters. The van der Waals surface area contributed by atoms with Crippen LogP contribution in [0.4, 0.5) is 0 Å². The minimum atomic E-state index is 0.476. The number of hydrogen-bond donors (Lipinski definition) is 0. The van der Waals surface area contributed by atoms with Crippen molar-refractivity contribution in [1.82, 2.24) is 0 Å². The van der Waals surface area contributed by atoms with Crippen LogP contribution < -0.4 is 0 Å². The Balaban J connectivity index is 2.01. The van der Waals surface area contributed by atoms with Gasteiger partial charge in [0.1, 0.15) is 0 Å². The first-order valence-electron chi connectivity index (χ1n) is 8.76. The van der Waals surface area contributed by atoms with E-state index in [4.69, 9.17) is 11.6 Å². The second kappa shape index (κ2) is 7.59. The molecule has 4 aromatic rings. The zero-order valence-corrected chi connectivity index (χ0v) is 15.2. The van der Waals surface area contributed by atoms with Gasteiger partial charge >= 0.3 is 0 Å². The summed E-state index contributed by atoms with van der Waals surface area (Å²) in [4.78, 5) is 0. The second-order valence-corrected chi connectivity index (χ2v) is 6.55. The van der Waals surface area contributed by atoms with Crippen LogP contribution in [0.3, 0.4) is 0 Å². The minimum absolute atomic E-state index is 0.476. The Bertz CT molecular complexity index is 929. The van der Waals surface area contributed by atoms with Crippen molar-refractivity contribution in [3.05, 3.63) is 109 Å². The maximum Gasteiger partial charge on any atom is 0.0486 e. The minimum Gasteiger partial charge on any atom is -0.122 e. The fourth-order valence-corrected chi connectivity index (χ4v) is 3.65. The van der Waals surface area contributed by atoms with Gasteiger partial charge in [-0.2, -0.15) is 0 Å². The molecular weight excluding hydrogens is 336 g/mol. The second-order valence-electron chi connectivity index (χ2n) is 6.28. The van der Waals surface area contributed by atoms with Gasteiger partial charge in [0.05, 0.1) is 0 Å². The van der Waals surface area contributed by atoms with Crippen molar-refractivity contribution in [3.8, 4) is 33.4 Å². The number of alkyl halides is 1. The molecule has 0 fully saturated rings. The van der Waals surface area contributed by atoms with Gasteiger partial charge in [-0.25, -0.2) is 0 Å². The molecule has 0 heterocycles. The molecule has 0 spiro atoms. The van der Waals surface area contributed by atoms with Crippen molar-refractivity contribution in [1.29, 1.82) is 0 Å². The third-order valence-electron chi connectivity index (χ3n) is 4.66. The van der Waals surface area contributed by atoms with Crippen molar-refractivity contribution >= 4 is 11.6 Å². The molecule has 1 heteroatoms. The summed E-state index contributed by atoms with van der Waals surface area (Å²) >= 11 is 6.44. The van der Waals surface area contributed by atoms with E-state index in [2.05, 4.69) is 84.9 Å². The molecule has 26 heavy (non-hydrogen) atoms. The molecule has 126 valence electrons. The maximum atomic E-state index is 6.44. The number of hydrogen-bond acceptors (Lipinski definition) is 0. The van der Waals surface area contributed by atoms with Gasteiger partial charge in [0.25, 0.3) is 0 Å². The first-order valence-corrected chi connectivity index (χ1v) is 9.29. The van der Waals surface area contributed by atoms with E-state index in [1.807, 2.05) is 18.2 Å². The number of benzene rings is 4. The topological polar surface area (TPSA) is 0 Å². The van der Waals surface area contributed by atoms with Crippen LogP contribution in [-0.4, -0.2) is 0 Å². The third-order valence-corrected chi connectivity index (χ3v) is 4.93. The summed E-state index contributed by atoms with van der Waals surface area (Å²) in [5, 5.41) is 0. The molecule has 0 nitrogen and oxygen atoms in total. The molecule has 0 aliphatic rings. The van der Waals surface area contributed by atoms with Crippen LogP contribution >= 0.6 is 11.6 Å². The summed E-state index contributed by atoms with van der Waals surface area (Å²) in [6, 6.07) is 36.0. The van der Waals surface area contributed by atoms with Gasteiger partial charge in [-0.3, -0.25) is 0 Å². The van der Waals surface area contributed by atoms with Crippen LogP contribution in [0.2, 0.25) is 0 Å². The van der Waals surface area contributed by atoms with E-state index < -0.39 is 0 Å². The first kappa shape index (κ1) is 16.6. The van der Waals surface area contributed by atoms with E-state index in [1.54, 1.807) is 0 Å². The van der Waals surface area contributed by atoms with Gasteiger partial charge in [0, 0.05) is 5.88 Å². The standard InChI is InChI=1S/C25H19Cl/c26-18-25-23(20-12-6-2-7-13-20)16-22(19-10-4-1-5-11-19)17-24(25)21-14-8-3-9-15-21/h1-17H,18H2. The van der Waals surface area contributed by atoms with E-state index in [1.165, 1.54) is 38.9 Å². The van der Waals surface area contributed by atoms with Crippen LogP contribution in [0.5, 0.6) is 0 Å². The van der Waals surface area contributed by atoms with E-state index in [9.17, 15) is 0 Å². The maximum absolute atomic E-state index is 6.44. The van der Waals surface area contributed by atoms with Crippen molar-refractivity contribution in [2.75, 3.05) is 0 Å². The average molecular weight is 355 g/mol. The molecule has 0 aromatic heterocycles. The van der Waals surface area contributed by atoms with Crippen molar-refractivity contribution in [2.24, 2.45) is 0 Å². The van der Waals surface area contributed by atoms with Gasteiger partial charge in [-0.05, 0) is 51.1 Å². The smallest absolute Gasteiger partial charge is 0.0486 e. The van der Waals surface area contributed by atoms with E-state index in [0.717, 1.165) is 0 Å². The molecule has 0 atom stereocenters. The van der Waals surface area contributed by atoms with Gasteiger partial charge in [0.15, 0.2) is 0 Å². The Kier molecular flexibility index (Phi) is 4.86. The number of halogens is 1. The van der Waals surface area contributed by atoms with E-state index in [-0.39, 0.29) is 0 Å². The molecule has 4 aromatic carbocycles. The highest BCUT2D eigenvalue weighted by Crippen LogP contribution is 2.38. The predicted molar refractivity (Wildman–Crippen MR) is 112 cm³/mol. The highest BCUT2D eigenvalue weighted by Gasteiger charge is 2.14. The highest BCUT2D eigenvalue weighted by molar-refractivity contribution is 6.18. The van der Waals surface area contributed by atoms with Crippen LogP contribution in [-0.2, 0) is 5.88 Å². The van der Waals surface area contributed by atoms with Crippen molar-refractivity contribution in [3.63, 3.8) is 0 Å². The lowest BCUT2D eigenvalue weighted by molar-refractivity contribution is 1.39. The normalized spacial score (nSPS) is 10.7. The Morgan fingerprint density at radius 1 is 0.462 bits per heavy atom. The van der Waals surface area contributed by atoms with Gasteiger partial charge in [-0.1, -0.05) is 91.0 Å². The molecular formula is C25H19Cl. The zero-order valence-electron chi connectivity index (χ0n) is 14.4. The summed E-state index contributed by atoms with van der Waals surface area (Å²) in [6.45, 7) is 0. The molecule has 0 bridgehead atoms. The van der Waals surface area contributed by atoms with Crippen LogP contribution in [0.1, 0.15) is 5.56 Å². The SMILES string of the molecule is ClCc1c(-c2ccccc2)cc(-c2ccccc2)cc1-c1ccccc1. The third kappa shape index (κ3) is 3.29. The first-order chi connectivity index (χ1) is 12.9. The summed E-state index contributed by atoms with van der Waals surface area (Å²) in [6.07, 6.45) is 0. The lowest BCUT2D eigenvalue weighted by atomic mass is 9.88. The zero-order chi connectivity index (χ0) is 17.8. The molecule has 4 rings (SSSR count). The van der Waals surface area contributed by atoms with E-state index >= 15 is 0 Å². The Labute approximate surface area is 159 Å². The fraction of sp³-hybridized carbons (Fsp3) is 0.0400. The molecule has 0 aliphatic heterocycles. The van der Waals surface area contributed by atoms with Gasteiger partial charge in [-0.15, -0.1) is 11.6 Å².